The van der Waals surface area contributed by atoms with Crippen LogP contribution in [0, 0.1) is 29.6 Å². The number of nitrogens with two attached hydrogens (primary N) is 1. The third-order valence-electron chi connectivity index (χ3n) is 5.43. The molecule has 1 unspecified atom stereocenters. The SMILES string of the molecule is CC(CC(N)=S)NC(=O)C1C2CC3CC(C2)CC1C3. The highest BCUT2D eigenvalue weighted by atomic mass is 32.1. The fourth-order valence-corrected chi connectivity index (χ4v) is 5.30. The van der Waals surface area contributed by atoms with E-state index in [9.17, 15) is 4.79 Å². The third kappa shape index (κ3) is 2.64. The quantitative estimate of drug-likeness (QED) is 0.777. The molecule has 106 valence electrons. The molecular weight excluding hydrogens is 256 g/mol. The van der Waals surface area contributed by atoms with Crippen LogP contribution in [0.4, 0.5) is 0 Å². The summed E-state index contributed by atoms with van der Waals surface area (Å²) in [6.45, 7) is 1.99. The maximum absolute atomic E-state index is 12.5. The van der Waals surface area contributed by atoms with E-state index in [2.05, 4.69) is 5.32 Å². The Hall–Kier alpha value is -0.640. The number of amides is 1. The molecule has 3 N–H and O–H groups in total. The zero-order chi connectivity index (χ0) is 13.6. The van der Waals surface area contributed by atoms with Crippen molar-refractivity contribution >= 4 is 23.1 Å². The molecule has 4 bridgehead atoms. The lowest BCUT2D eigenvalue weighted by Crippen LogP contribution is -2.52. The van der Waals surface area contributed by atoms with E-state index in [0.717, 1.165) is 11.8 Å². The summed E-state index contributed by atoms with van der Waals surface area (Å²) in [6, 6.07) is 0.0715. The van der Waals surface area contributed by atoms with Crippen molar-refractivity contribution < 1.29 is 4.79 Å². The van der Waals surface area contributed by atoms with E-state index in [-0.39, 0.29) is 17.9 Å². The van der Waals surface area contributed by atoms with Crippen molar-refractivity contribution in [2.45, 2.75) is 51.5 Å². The van der Waals surface area contributed by atoms with Crippen molar-refractivity contribution in [3.05, 3.63) is 0 Å². The predicted molar refractivity (Wildman–Crippen MR) is 79.5 cm³/mol. The molecule has 19 heavy (non-hydrogen) atoms. The van der Waals surface area contributed by atoms with Crippen LogP contribution >= 0.6 is 12.2 Å². The maximum Gasteiger partial charge on any atom is 0.223 e. The van der Waals surface area contributed by atoms with Gasteiger partial charge >= 0.3 is 0 Å². The second kappa shape index (κ2) is 5.04. The number of hydrogen-bond donors (Lipinski definition) is 2. The van der Waals surface area contributed by atoms with Crippen molar-refractivity contribution in [1.82, 2.24) is 5.32 Å². The van der Waals surface area contributed by atoms with Crippen molar-refractivity contribution in [2.24, 2.45) is 35.3 Å². The highest BCUT2D eigenvalue weighted by molar-refractivity contribution is 7.80. The van der Waals surface area contributed by atoms with Gasteiger partial charge in [-0.3, -0.25) is 4.79 Å². The van der Waals surface area contributed by atoms with Crippen LogP contribution in [0.1, 0.15) is 45.4 Å². The fraction of sp³-hybridized carbons (Fsp3) is 0.867. The van der Waals surface area contributed by atoms with Crippen LogP contribution in [0.5, 0.6) is 0 Å². The molecule has 0 aliphatic heterocycles. The first kappa shape index (κ1) is 13.3. The largest absolute Gasteiger partial charge is 0.393 e. The molecule has 1 amide bonds. The average Bonchev–Trinajstić information content (AvgIpc) is 2.25. The summed E-state index contributed by atoms with van der Waals surface area (Å²) in [5, 5.41) is 3.13. The molecule has 4 aliphatic rings. The van der Waals surface area contributed by atoms with Gasteiger partial charge in [0.25, 0.3) is 0 Å². The van der Waals surface area contributed by atoms with Crippen LogP contribution in [0.2, 0.25) is 0 Å². The van der Waals surface area contributed by atoms with Gasteiger partial charge < -0.3 is 11.1 Å². The Bertz CT molecular complexity index is 368. The summed E-state index contributed by atoms with van der Waals surface area (Å²) in [5.74, 6) is 3.65. The van der Waals surface area contributed by atoms with E-state index >= 15 is 0 Å². The molecule has 3 nitrogen and oxygen atoms in total. The lowest BCUT2D eigenvalue weighted by Gasteiger charge is -2.53. The molecule has 0 aromatic heterocycles. The van der Waals surface area contributed by atoms with Crippen LogP contribution in [-0.4, -0.2) is 16.9 Å². The number of carbonyl (C=O) groups excluding carboxylic acids is 1. The summed E-state index contributed by atoms with van der Waals surface area (Å²) < 4.78 is 0. The van der Waals surface area contributed by atoms with Gasteiger partial charge in [-0.25, -0.2) is 0 Å². The molecule has 4 fully saturated rings. The van der Waals surface area contributed by atoms with E-state index in [0.29, 0.717) is 23.2 Å². The van der Waals surface area contributed by atoms with Gasteiger partial charge in [0.05, 0.1) is 4.99 Å². The number of hydrogen-bond acceptors (Lipinski definition) is 2. The summed E-state index contributed by atoms with van der Waals surface area (Å²) in [4.78, 5) is 13.0. The highest BCUT2D eigenvalue weighted by Gasteiger charge is 2.50. The van der Waals surface area contributed by atoms with Crippen molar-refractivity contribution in [3.63, 3.8) is 0 Å². The van der Waals surface area contributed by atoms with Crippen molar-refractivity contribution in [2.75, 3.05) is 0 Å². The molecule has 4 rings (SSSR count). The first-order valence-electron chi connectivity index (χ1n) is 7.61. The van der Waals surface area contributed by atoms with Crippen LogP contribution in [0.25, 0.3) is 0 Å². The molecule has 4 heteroatoms. The normalized spacial score (nSPS) is 41.0. The minimum atomic E-state index is 0.0715. The Balaban J connectivity index is 1.62. The minimum absolute atomic E-state index is 0.0715. The molecule has 0 heterocycles. The first-order valence-corrected chi connectivity index (χ1v) is 8.02. The molecule has 4 aliphatic carbocycles. The van der Waals surface area contributed by atoms with Gasteiger partial charge in [0.1, 0.15) is 0 Å². The number of carbonyl (C=O) groups is 1. The van der Waals surface area contributed by atoms with Gasteiger partial charge in [0.15, 0.2) is 0 Å². The summed E-state index contributed by atoms with van der Waals surface area (Å²) in [6.07, 6.45) is 7.18. The molecule has 0 spiro atoms. The molecule has 4 saturated carbocycles. The van der Waals surface area contributed by atoms with Gasteiger partial charge in [-0.15, -0.1) is 0 Å². The molecule has 0 aromatic carbocycles. The van der Waals surface area contributed by atoms with Crippen LogP contribution in [0.3, 0.4) is 0 Å². The predicted octanol–water partition coefficient (Wildman–Crippen LogP) is 2.24. The van der Waals surface area contributed by atoms with Gasteiger partial charge in [0, 0.05) is 18.4 Å². The number of thiocarbonyl (C=S) groups is 1. The highest BCUT2D eigenvalue weighted by Crippen LogP contribution is 2.56. The number of rotatable bonds is 4. The summed E-state index contributed by atoms with van der Waals surface area (Å²) in [7, 11) is 0. The molecular formula is C15H24N2OS. The lowest BCUT2D eigenvalue weighted by molar-refractivity contribution is -0.138. The Labute approximate surface area is 120 Å². The topological polar surface area (TPSA) is 55.1 Å². The smallest absolute Gasteiger partial charge is 0.223 e. The zero-order valence-corrected chi connectivity index (χ0v) is 12.4. The third-order valence-corrected chi connectivity index (χ3v) is 5.59. The minimum Gasteiger partial charge on any atom is -0.393 e. The van der Waals surface area contributed by atoms with Crippen LogP contribution < -0.4 is 11.1 Å². The average molecular weight is 280 g/mol. The zero-order valence-electron chi connectivity index (χ0n) is 11.6. The van der Waals surface area contributed by atoms with Gasteiger partial charge in [0.2, 0.25) is 5.91 Å². The molecule has 0 saturated heterocycles. The van der Waals surface area contributed by atoms with Crippen molar-refractivity contribution in [3.8, 4) is 0 Å². The molecule has 0 radical (unpaired) electrons. The van der Waals surface area contributed by atoms with Crippen molar-refractivity contribution in [1.29, 1.82) is 0 Å². The van der Waals surface area contributed by atoms with Gasteiger partial charge in [-0.05, 0) is 62.7 Å². The van der Waals surface area contributed by atoms with Crippen LogP contribution in [0.15, 0.2) is 0 Å². The molecule has 0 aromatic rings. The standard InChI is InChI=1S/C15H24N2OS/c1-8(2-13(16)19)17-15(18)14-11-4-9-3-10(6-11)7-12(14)5-9/h8-12,14H,2-7H2,1H3,(H2,16,19)(H,17,18). The van der Waals surface area contributed by atoms with E-state index in [4.69, 9.17) is 18.0 Å². The second-order valence-corrected chi connectivity index (χ2v) is 7.56. The Morgan fingerprint density at radius 3 is 2.21 bits per heavy atom. The van der Waals surface area contributed by atoms with Crippen LogP contribution in [-0.2, 0) is 4.79 Å². The summed E-state index contributed by atoms with van der Waals surface area (Å²) in [5.41, 5.74) is 5.54. The lowest BCUT2D eigenvalue weighted by atomic mass is 9.51. The fourth-order valence-electron chi connectivity index (χ4n) is 5.05. The van der Waals surface area contributed by atoms with Gasteiger partial charge in [-0.2, -0.15) is 0 Å². The van der Waals surface area contributed by atoms with E-state index in [1.165, 1.54) is 32.1 Å². The summed E-state index contributed by atoms with van der Waals surface area (Å²) >= 11 is 4.91. The Morgan fingerprint density at radius 2 is 1.74 bits per heavy atom. The van der Waals surface area contributed by atoms with E-state index in [1.807, 2.05) is 6.92 Å². The maximum atomic E-state index is 12.5. The number of nitrogens with one attached hydrogen (secondary N) is 1. The molecule has 1 atom stereocenters. The van der Waals surface area contributed by atoms with E-state index < -0.39 is 0 Å². The second-order valence-electron chi connectivity index (χ2n) is 7.04. The Morgan fingerprint density at radius 1 is 1.21 bits per heavy atom. The monoisotopic (exact) mass is 280 g/mol. The van der Waals surface area contributed by atoms with E-state index in [1.54, 1.807) is 0 Å². The first-order chi connectivity index (χ1) is 9.02. The van der Waals surface area contributed by atoms with Gasteiger partial charge in [-0.1, -0.05) is 12.2 Å². The Kier molecular flexibility index (Phi) is 3.54.